The fraction of sp³-hybridized carbons (Fsp3) is 0.810. The van der Waals surface area contributed by atoms with E-state index in [1.807, 2.05) is 0 Å². The third-order valence-electron chi connectivity index (χ3n) is 4.11. The van der Waals surface area contributed by atoms with Crippen LogP contribution in [-0.4, -0.2) is 45.1 Å². The lowest BCUT2D eigenvalue weighted by atomic mass is 10.1. The van der Waals surface area contributed by atoms with Gasteiger partial charge in [0.15, 0.2) is 6.10 Å². The van der Waals surface area contributed by atoms with Crippen LogP contribution in [-0.2, 0) is 9.59 Å². The fourth-order valence-corrected chi connectivity index (χ4v) is 2.43. The fourth-order valence-electron chi connectivity index (χ4n) is 2.43. The van der Waals surface area contributed by atoms with Crippen molar-refractivity contribution in [2.45, 2.75) is 103 Å². The standard InChI is InChI=1S/C18H34O2.C3H6O4/c1-2-3-4-5-6-7-8-9-10-11-12-13-14-15-16-17-18(19)20;4-1-2(5)3(6)7/h9-10H,2-8,11-17H2,1H3,(H,19,20);2,4-5H,1H2,(H,6,7). The molecule has 0 aliphatic carbocycles. The van der Waals surface area contributed by atoms with Crippen LogP contribution in [0.15, 0.2) is 12.2 Å². The predicted octanol–water partition coefficient (Wildman–Crippen LogP) is 4.53. The molecule has 1 atom stereocenters. The maximum absolute atomic E-state index is 10.3. The minimum atomic E-state index is -1.63. The van der Waals surface area contributed by atoms with E-state index >= 15 is 0 Å². The van der Waals surface area contributed by atoms with Crippen molar-refractivity contribution in [2.24, 2.45) is 0 Å². The van der Waals surface area contributed by atoms with Crippen LogP contribution in [0.4, 0.5) is 0 Å². The molecule has 0 saturated carbocycles. The lowest BCUT2D eigenvalue weighted by Crippen LogP contribution is -2.22. The Morgan fingerprint density at radius 2 is 1.22 bits per heavy atom. The zero-order chi connectivity index (χ0) is 20.8. The molecule has 0 fully saturated rings. The predicted molar refractivity (Wildman–Crippen MR) is 108 cm³/mol. The second kappa shape index (κ2) is 22.6. The van der Waals surface area contributed by atoms with Gasteiger partial charge in [0.2, 0.25) is 0 Å². The van der Waals surface area contributed by atoms with Gasteiger partial charge in [0.05, 0.1) is 6.61 Å². The van der Waals surface area contributed by atoms with E-state index in [1.54, 1.807) is 0 Å². The van der Waals surface area contributed by atoms with Crippen molar-refractivity contribution in [3.8, 4) is 0 Å². The average molecular weight is 389 g/mol. The molecule has 0 aromatic carbocycles. The van der Waals surface area contributed by atoms with Gasteiger partial charge in [0, 0.05) is 6.42 Å². The molecule has 0 spiro atoms. The molecule has 0 aromatic rings. The van der Waals surface area contributed by atoms with Crippen molar-refractivity contribution in [1.29, 1.82) is 0 Å². The molecule has 0 aliphatic rings. The van der Waals surface area contributed by atoms with E-state index in [1.165, 1.54) is 70.6 Å². The van der Waals surface area contributed by atoms with Crippen molar-refractivity contribution in [3.05, 3.63) is 12.2 Å². The normalized spacial score (nSPS) is 11.8. The number of carbonyl (C=O) groups is 2. The lowest BCUT2D eigenvalue weighted by molar-refractivity contribution is -0.148. The summed E-state index contributed by atoms with van der Waals surface area (Å²) in [5, 5.41) is 32.2. The lowest BCUT2D eigenvalue weighted by Gasteiger charge is -1.99. The zero-order valence-electron chi connectivity index (χ0n) is 16.9. The number of unbranched alkanes of at least 4 members (excludes halogenated alkanes) is 11. The van der Waals surface area contributed by atoms with E-state index in [4.69, 9.17) is 20.4 Å². The van der Waals surface area contributed by atoms with Gasteiger partial charge in [-0.3, -0.25) is 4.79 Å². The Bertz CT molecular complexity index is 368. The van der Waals surface area contributed by atoms with Gasteiger partial charge < -0.3 is 20.4 Å². The molecule has 0 saturated heterocycles. The first-order chi connectivity index (χ1) is 13.0. The molecule has 6 heteroatoms. The van der Waals surface area contributed by atoms with Crippen LogP contribution in [0.1, 0.15) is 96.8 Å². The Labute approximate surface area is 164 Å². The Morgan fingerprint density at radius 1 is 0.778 bits per heavy atom. The summed E-state index contributed by atoms with van der Waals surface area (Å²) in [7, 11) is 0. The second-order valence-electron chi connectivity index (χ2n) is 6.76. The topological polar surface area (TPSA) is 115 Å². The van der Waals surface area contributed by atoms with Crippen molar-refractivity contribution in [3.63, 3.8) is 0 Å². The number of aliphatic hydroxyl groups is 2. The van der Waals surface area contributed by atoms with E-state index in [-0.39, 0.29) is 0 Å². The SMILES string of the molecule is CCCCCCCCC=CCCCCCCCC(=O)O.O=C(O)C(O)CO. The van der Waals surface area contributed by atoms with Gasteiger partial charge in [0.1, 0.15) is 0 Å². The Morgan fingerprint density at radius 3 is 1.59 bits per heavy atom. The molecule has 0 radical (unpaired) electrons. The van der Waals surface area contributed by atoms with Gasteiger partial charge >= 0.3 is 11.9 Å². The highest BCUT2D eigenvalue weighted by Crippen LogP contribution is 2.09. The molecule has 4 N–H and O–H groups in total. The van der Waals surface area contributed by atoms with Gasteiger partial charge in [-0.2, -0.15) is 0 Å². The van der Waals surface area contributed by atoms with E-state index < -0.39 is 24.6 Å². The number of aliphatic carboxylic acids is 2. The monoisotopic (exact) mass is 388 g/mol. The Kier molecular flexibility index (Phi) is 23.3. The summed E-state index contributed by atoms with van der Waals surface area (Å²) >= 11 is 0. The summed E-state index contributed by atoms with van der Waals surface area (Å²) in [6, 6.07) is 0. The number of allylic oxidation sites excluding steroid dienone is 2. The van der Waals surface area contributed by atoms with Crippen LogP contribution in [0, 0.1) is 0 Å². The van der Waals surface area contributed by atoms with Gasteiger partial charge in [-0.05, 0) is 32.1 Å². The van der Waals surface area contributed by atoms with Crippen LogP contribution in [0.3, 0.4) is 0 Å². The molecule has 160 valence electrons. The highest BCUT2D eigenvalue weighted by atomic mass is 16.4. The molecule has 0 amide bonds. The molecule has 27 heavy (non-hydrogen) atoms. The van der Waals surface area contributed by atoms with Gasteiger partial charge in [0.25, 0.3) is 0 Å². The molecular formula is C21H40O6. The number of carboxylic acids is 2. The van der Waals surface area contributed by atoms with Crippen molar-refractivity contribution < 1.29 is 30.0 Å². The molecule has 0 aliphatic heterocycles. The van der Waals surface area contributed by atoms with Crippen LogP contribution in [0.5, 0.6) is 0 Å². The van der Waals surface area contributed by atoms with E-state index in [0.29, 0.717) is 6.42 Å². The van der Waals surface area contributed by atoms with Crippen LogP contribution in [0.2, 0.25) is 0 Å². The van der Waals surface area contributed by atoms with Crippen LogP contribution < -0.4 is 0 Å². The Hall–Kier alpha value is -1.40. The minimum Gasteiger partial charge on any atom is -0.481 e. The van der Waals surface area contributed by atoms with Crippen LogP contribution >= 0.6 is 0 Å². The van der Waals surface area contributed by atoms with Gasteiger partial charge in [-0.25, -0.2) is 4.79 Å². The van der Waals surface area contributed by atoms with Crippen molar-refractivity contribution in [1.82, 2.24) is 0 Å². The second-order valence-corrected chi connectivity index (χ2v) is 6.76. The summed E-state index contributed by atoms with van der Waals surface area (Å²) in [4.78, 5) is 19.8. The van der Waals surface area contributed by atoms with Crippen molar-refractivity contribution in [2.75, 3.05) is 6.61 Å². The molecule has 0 heterocycles. The zero-order valence-corrected chi connectivity index (χ0v) is 16.9. The quantitative estimate of drug-likeness (QED) is 0.215. The molecule has 1 unspecified atom stereocenters. The summed E-state index contributed by atoms with van der Waals surface area (Å²) in [5.41, 5.74) is 0. The van der Waals surface area contributed by atoms with Crippen LogP contribution in [0.25, 0.3) is 0 Å². The number of aliphatic hydroxyl groups excluding tert-OH is 2. The molecular weight excluding hydrogens is 348 g/mol. The number of hydrogen-bond acceptors (Lipinski definition) is 4. The first kappa shape index (κ1) is 27.8. The molecule has 6 nitrogen and oxygen atoms in total. The Balaban J connectivity index is 0. The summed E-state index contributed by atoms with van der Waals surface area (Å²) in [5.74, 6) is -2.06. The first-order valence-corrected chi connectivity index (χ1v) is 10.3. The molecule has 0 aromatic heterocycles. The highest BCUT2D eigenvalue weighted by molar-refractivity contribution is 5.71. The molecule has 0 rings (SSSR count). The summed E-state index contributed by atoms with van der Waals surface area (Å²) < 4.78 is 0. The number of hydrogen-bond donors (Lipinski definition) is 4. The maximum Gasteiger partial charge on any atom is 0.334 e. The van der Waals surface area contributed by atoms with E-state index in [2.05, 4.69) is 19.1 Å². The van der Waals surface area contributed by atoms with Gasteiger partial charge in [-0.1, -0.05) is 70.4 Å². The average Bonchev–Trinajstić information content (AvgIpc) is 2.64. The van der Waals surface area contributed by atoms with E-state index in [0.717, 1.165) is 12.8 Å². The van der Waals surface area contributed by atoms with E-state index in [9.17, 15) is 9.59 Å². The number of rotatable bonds is 17. The largest absolute Gasteiger partial charge is 0.481 e. The maximum atomic E-state index is 10.3. The summed E-state index contributed by atoms with van der Waals surface area (Å²) in [6.07, 6.45) is 19.6. The third kappa shape index (κ3) is 26.9. The number of carboxylic acid groups (broad SMARTS) is 2. The summed E-state index contributed by atoms with van der Waals surface area (Å²) in [6.45, 7) is 1.53. The third-order valence-corrected chi connectivity index (χ3v) is 4.11. The molecule has 0 bridgehead atoms. The highest BCUT2D eigenvalue weighted by Gasteiger charge is 2.08. The minimum absolute atomic E-state index is 0.332. The van der Waals surface area contributed by atoms with Gasteiger partial charge in [-0.15, -0.1) is 0 Å². The first-order valence-electron chi connectivity index (χ1n) is 10.3. The smallest absolute Gasteiger partial charge is 0.334 e. The van der Waals surface area contributed by atoms with Crippen molar-refractivity contribution >= 4 is 11.9 Å².